The lowest BCUT2D eigenvalue weighted by Gasteiger charge is -2.17. The topological polar surface area (TPSA) is 29.5 Å². The summed E-state index contributed by atoms with van der Waals surface area (Å²) in [5.41, 5.74) is 4.38. The van der Waals surface area contributed by atoms with Crippen molar-refractivity contribution in [1.82, 2.24) is 0 Å². The van der Waals surface area contributed by atoms with Gasteiger partial charge in [-0.1, -0.05) is 30.3 Å². The summed E-state index contributed by atoms with van der Waals surface area (Å²) in [7, 11) is 1.65. The molecule has 0 aromatic heterocycles. The highest BCUT2D eigenvalue weighted by Crippen LogP contribution is 2.26. The minimum absolute atomic E-state index is 0.478. The van der Waals surface area contributed by atoms with E-state index in [2.05, 4.69) is 0 Å². The number of benzene rings is 2. The lowest BCUT2D eigenvalue weighted by molar-refractivity contribution is 0.177. The molecule has 0 amide bonds. The first kappa shape index (κ1) is 13.6. The molecule has 0 spiro atoms. The Morgan fingerprint density at radius 1 is 1.05 bits per heavy atom. The van der Waals surface area contributed by atoms with E-state index in [1.807, 2.05) is 56.3 Å². The van der Waals surface area contributed by atoms with Gasteiger partial charge >= 0.3 is 0 Å². The molecular weight excluding hydrogens is 236 g/mol. The second-order valence-corrected chi connectivity index (χ2v) is 4.88. The largest absolute Gasteiger partial charge is 0.497 e. The van der Waals surface area contributed by atoms with Crippen molar-refractivity contribution in [2.75, 3.05) is 7.11 Å². The van der Waals surface area contributed by atoms with Crippen molar-refractivity contribution in [2.24, 2.45) is 0 Å². The van der Waals surface area contributed by atoms with E-state index in [0.717, 1.165) is 28.0 Å². The molecule has 2 nitrogen and oxygen atoms in total. The highest BCUT2D eigenvalue weighted by atomic mass is 16.5. The Labute approximate surface area is 114 Å². The van der Waals surface area contributed by atoms with Crippen molar-refractivity contribution >= 4 is 0 Å². The third-order valence-electron chi connectivity index (χ3n) is 3.44. The maximum absolute atomic E-state index is 10.5. The zero-order valence-electron chi connectivity index (χ0n) is 11.7. The first-order valence-corrected chi connectivity index (χ1v) is 6.49. The maximum atomic E-state index is 10.5. The second kappa shape index (κ2) is 5.89. The van der Waals surface area contributed by atoms with Crippen molar-refractivity contribution in [3.05, 3.63) is 64.7 Å². The van der Waals surface area contributed by atoms with Gasteiger partial charge in [0.1, 0.15) is 5.75 Å². The molecule has 1 atom stereocenters. The Hall–Kier alpha value is -1.80. The molecule has 0 fully saturated rings. The van der Waals surface area contributed by atoms with Crippen LogP contribution in [-0.4, -0.2) is 12.2 Å². The highest BCUT2D eigenvalue weighted by molar-refractivity contribution is 5.37. The summed E-state index contributed by atoms with van der Waals surface area (Å²) in [6.45, 7) is 4.08. The van der Waals surface area contributed by atoms with Crippen molar-refractivity contribution in [2.45, 2.75) is 26.4 Å². The van der Waals surface area contributed by atoms with Gasteiger partial charge in [-0.3, -0.25) is 0 Å². The zero-order valence-corrected chi connectivity index (χ0v) is 11.7. The summed E-state index contributed by atoms with van der Waals surface area (Å²) in [5, 5.41) is 10.5. The van der Waals surface area contributed by atoms with Gasteiger partial charge in [0.15, 0.2) is 0 Å². The summed E-state index contributed by atoms with van der Waals surface area (Å²) >= 11 is 0. The molecule has 0 aliphatic carbocycles. The first-order chi connectivity index (χ1) is 9.11. The molecule has 0 saturated heterocycles. The van der Waals surface area contributed by atoms with Gasteiger partial charge in [0, 0.05) is 6.42 Å². The van der Waals surface area contributed by atoms with Gasteiger partial charge in [-0.25, -0.2) is 0 Å². The van der Waals surface area contributed by atoms with Crippen LogP contribution in [0, 0.1) is 13.8 Å². The maximum Gasteiger partial charge on any atom is 0.119 e. The average molecular weight is 256 g/mol. The van der Waals surface area contributed by atoms with Crippen LogP contribution in [-0.2, 0) is 6.42 Å². The van der Waals surface area contributed by atoms with Crippen LogP contribution in [0.2, 0.25) is 0 Å². The summed E-state index contributed by atoms with van der Waals surface area (Å²) in [6, 6.07) is 13.9. The molecule has 1 unspecified atom stereocenters. The monoisotopic (exact) mass is 256 g/mol. The van der Waals surface area contributed by atoms with E-state index in [0.29, 0.717) is 6.42 Å². The molecule has 0 radical (unpaired) electrons. The van der Waals surface area contributed by atoms with E-state index in [-0.39, 0.29) is 0 Å². The molecule has 0 heterocycles. The van der Waals surface area contributed by atoms with E-state index >= 15 is 0 Å². The Bertz CT molecular complexity index is 541. The molecule has 2 heteroatoms. The van der Waals surface area contributed by atoms with Gasteiger partial charge < -0.3 is 9.84 Å². The number of ether oxygens (including phenoxy) is 1. The van der Waals surface area contributed by atoms with Crippen LogP contribution in [0.3, 0.4) is 0 Å². The number of hydrogen-bond donors (Lipinski definition) is 1. The van der Waals surface area contributed by atoms with E-state index in [4.69, 9.17) is 4.74 Å². The minimum Gasteiger partial charge on any atom is -0.497 e. The highest BCUT2D eigenvalue weighted by Gasteiger charge is 2.13. The molecule has 2 rings (SSSR count). The Morgan fingerprint density at radius 3 is 2.32 bits per heavy atom. The van der Waals surface area contributed by atoms with Crippen molar-refractivity contribution in [1.29, 1.82) is 0 Å². The molecule has 0 aliphatic heterocycles. The van der Waals surface area contributed by atoms with Crippen LogP contribution in [0.5, 0.6) is 5.75 Å². The Morgan fingerprint density at radius 2 is 1.68 bits per heavy atom. The van der Waals surface area contributed by atoms with Crippen LogP contribution in [0.1, 0.15) is 28.4 Å². The molecule has 19 heavy (non-hydrogen) atoms. The number of aliphatic hydroxyl groups excluding tert-OH is 1. The number of rotatable bonds is 4. The van der Waals surface area contributed by atoms with Gasteiger partial charge in [-0.05, 0) is 48.2 Å². The van der Waals surface area contributed by atoms with E-state index in [9.17, 15) is 5.11 Å². The van der Waals surface area contributed by atoms with Gasteiger partial charge in [0.05, 0.1) is 13.2 Å². The summed E-state index contributed by atoms with van der Waals surface area (Å²) in [5.74, 6) is 0.825. The molecule has 1 N–H and O–H groups in total. The first-order valence-electron chi connectivity index (χ1n) is 6.49. The van der Waals surface area contributed by atoms with Crippen LogP contribution < -0.4 is 4.74 Å². The SMILES string of the molecule is COc1cccc(CC(O)c2c(C)cccc2C)c1. The van der Waals surface area contributed by atoms with Crippen molar-refractivity contribution in [3.63, 3.8) is 0 Å². The van der Waals surface area contributed by atoms with Gasteiger partial charge in [0.25, 0.3) is 0 Å². The van der Waals surface area contributed by atoms with Crippen LogP contribution in [0.4, 0.5) is 0 Å². The molecule has 2 aromatic carbocycles. The van der Waals surface area contributed by atoms with Crippen LogP contribution in [0.25, 0.3) is 0 Å². The molecule has 2 aromatic rings. The number of aryl methyl sites for hydroxylation is 2. The molecule has 100 valence electrons. The lowest BCUT2D eigenvalue weighted by Crippen LogP contribution is -2.06. The van der Waals surface area contributed by atoms with Gasteiger partial charge in [-0.15, -0.1) is 0 Å². The van der Waals surface area contributed by atoms with Crippen molar-refractivity contribution in [3.8, 4) is 5.75 Å². The summed E-state index contributed by atoms with van der Waals surface area (Å²) in [4.78, 5) is 0. The quantitative estimate of drug-likeness (QED) is 0.906. The van der Waals surface area contributed by atoms with Crippen LogP contribution in [0.15, 0.2) is 42.5 Å². The standard InChI is InChI=1S/C17H20O2/c1-12-6-4-7-13(2)17(12)16(18)11-14-8-5-9-15(10-14)19-3/h4-10,16,18H,11H2,1-3H3. The predicted molar refractivity (Wildman–Crippen MR) is 77.6 cm³/mol. The third kappa shape index (κ3) is 3.15. The number of aliphatic hydroxyl groups is 1. The smallest absolute Gasteiger partial charge is 0.119 e. The lowest BCUT2D eigenvalue weighted by atomic mass is 9.94. The Balaban J connectivity index is 2.23. The fraction of sp³-hybridized carbons (Fsp3) is 0.294. The second-order valence-electron chi connectivity index (χ2n) is 4.88. The van der Waals surface area contributed by atoms with Gasteiger partial charge in [-0.2, -0.15) is 0 Å². The van der Waals surface area contributed by atoms with E-state index < -0.39 is 6.10 Å². The third-order valence-corrected chi connectivity index (χ3v) is 3.44. The van der Waals surface area contributed by atoms with E-state index in [1.165, 1.54) is 0 Å². The number of methoxy groups -OCH3 is 1. The van der Waals surface area contributed by atoms with E-state index in [1.54, 1.807) is 7.11 Å². The molecule has 0 saturated carbocycles. The number of hydrogen-bond acceptors (Lipinski definition) is 2. The fourth-order valence-electron chi connectivity index (χ4n) is 2.48. The summed E-state index contributed by atoms with van der Waals surface area (Å²) in [6.07, 6.45) is 0.122. The van der Waals surface area contributed by atoms with Crippen LogP contribution >= 0.6 is 0 Å². The van der Waals surface area contributed by atoms with Crippen molar-refractivity contribution < 1.29 is 9.84 Å². The minimum atomic E-state index is -0.478. The molecule has 0 aliphatic rings. The van der Waals surface area contributed by atoms with Gasteiger partial charge in [0.2, 0.25) is 0 Å². The molecule has 0 bridgehead atoms. The molecular formula is C17H20O2. The Kier molecular flexibility index (Phi) is 4.23. The average Bonchev–Trinajstić information content (AvgIpc) is 2.38. The fourth-order valence-corrected chi connectivity index (χ4v) is 2.48. The summed E-state index contributed by atoms with van der Waals surface area (Å²) < 4.78 is 5.21. The normalized spacial score (nSPS) is 12.2. The zero-order chi connectivity index (χ0) is 13.8. The predicted octanol–water partition coefficient (Wildman–Crippen LogP) is 3.59.